The molecule has 1 aliphatic rings. The van der Waals surface area contributed by atoms with Crippen LogP contribution in [0, 0.1) is 0 Å². The summed E-state index contributed by atoms with van der Waals surface area (Å²) in [4.78, 5) is 30.4. The van der Waals surface area contributed by atoms with Gasteiger partial charge in [-0.1, -0.05) is 36.0 Å². The Morgan fingerprint density at radius 3 is 2.86 bits per heavy atom. The number of carbonyl (C=O) groups excluding carboxylic acids is 1. The molecule has 6 heteroatoms. The van der Waals surface area contributed by atoms with Gasteiger partial charge in [0.05, 0.1) is 16.7 Å². The molecule has 0 aliphatic heterocycles. The van der Waals surface area contributed by atoms with Crippen LogP contribution < -0.4 is 5.56 Å². The van der Waals surface area contributed by atoms with Crippen LogP contribution in [0.2, 0.25) is 0 Å². The number of ketones is 1. The quantitative estimate of drug-likeness (QED) is 0.245. The summed E-state index contributed by atoms with van der Waals surface area (Å²) in [5.41, 5.74) is 3.98. The van der Waals surface area contributed by atoms with Crippen LogP contribution in [0.4, 0.5) is 0 Å². The zero-order valence-corrected chi connectivity index (χ0v) is 17.3. The molecule has 2 aromatic carbocycles. The number of hydrogen-bond acceptors (Lipinski definition) is 5. The summed E-state index contributed by atoms with van der Waals surface area (Å²) in [5, 5.41) is 1.18. The normalized spacial score (nSPS) is 13.0. The molecule has 0 bridgehead atoms. The zero-order chi connectivity index (χ0) is 20.2. The molecule has 0 radical (unpaired) electrons. The minimum atomic E-state index is -0.0702. The van der Waals surface area contributed by atoms with E-state index in [2.05, 4.69) is 11.1 Å². The van der Waals surface area contributed by atoms with Crippen LogP contribution in [0.5, 0.6) is 0 Å². The van der Waals surface area contributed by atoms with Crippen molar-refractivity contribution in [2.24, 2.45) is 0 Å². The summed E-state index contributed by atoms with van der Waals surface area (Å²) in [6.45, 7) is 1.08. The molecule has 0 fully saturated rings. The van der Waals surface area contributed by atoms with E-state index in [0.717, 1.165) is 24.8 Å². The third-order valence-corrected chi connectivity index (χ3v) is 6.29. The number of rotatable bonds is 8. The van der Waals surface area contributed by atoms with Crippen molar-refractivity contribution in [2.45, 2.75) is 37.4 Å². The maximum absolute atomic E-state index is 13.0. The van der Waals surface area contributed by atoms with Crippen LogP contribution in [-0.4, -0.2) is 34.8 Å². The predicted octanol–water partition coefficient (Wildman–Crippen LogP) is 3.90. The number of benzene rings is 2. The first-order valence-electron chi connectivity index (χ1n) is 9.93. The highest BCUT2D eigenvalue weighted by Gasteiger charge is 2.16. The lowest BCUT2D eigenvalue weighted by Gasteiger charge is -2.13. The van der Waals surface area contributed by atoms with Crippen LogP contribution in [0.1, 0.15) is 34.3 Å². The molecule has 3 aromatic rings. The third-order valence-electron chi connectivity index (χ3n) is 5.31. The van der Waals surface area contributed by atoms with Crippen molar-refractivity contribution in [3.63, 3.8) is 0 Å². The Morgan fingerprint density at radius 1 is 1.17 bits per heavy atom. The molecular formula is C23H24N2O3S. The maximum atomic E-state index is 13.0. The van der Waals surface area contributed by atoms with Crippen molar-refractivity contribution >= 4 is 28.4 Å². The molecule has 0 spiro atoms. The fourth-order valence-electron chi connectivity index (χ4n) is 3.78. The number of thioether (sulfide) groups is 1. The van der Waals surface area contributed by atoms with Crippen molar-refractivity contribution in [3.05, 3.63) is 69.5 Å². The monoisotopic (exact) mass is 408 g/mol. The topological polar surface area (TPSA) is 61.2 Å². The zero-order valence-electron chi connectivity index (χ0n) is 16.5. The van der Waals surface area contributed by atoms with Gasteiger partial charge in [0.25, 0.3) is 5.56 Å². The molecule has 0 N–H and O–H groups in total. The molecule has 5 nitrogen and oxygen atoms in total. The van der Waals surface area contributed by atoms with Crippen LogP contribution in [0.25, 0.3) is 10.9 Å². The Kier molecular flexibility index (Phi) is 6.11. The van der Waals surface area contributed by atoms with Crippen molar-refractivity contribution in [2.75, 3.05) is 19.5 Å². The van der Waals surface area contributed by atoms with Gasteiger partial charge >= 0.3 is 0 Å². The van der Waals surface area contributed by atoms with E-state index in [1.54, 1.807) is 17.7 Å². The van der Waals surface area contributed by atoms with Gasteiger partial charge in [-0.05, 0) is 55.0 Å². The van der Waals surface area contributed by atoms with Gasteiger partial charge in [-0.3, -0.25) is 14.2 Å². The fraction of sp³-hybridized carbons (Fsp3) is 0.348. The number of Topliss-reactive ketones (excluding diaryl/α,β-unsaturated/α-hetero) is 1. The molecule has 1 aromatic heterocycles. The van der Waals surface area contributed by atoms with Gasteiger partial charge in [-0.2, -0.15) is 0 Å². The van der Waals surface area contributed by atoms with Gasteiger partial charge in [0.2, 0.25) is 0 Å². The summed E-state index contributed by atoms with van der Waals surface area (Å²) >= 11 is 1.33. The standard InChI is InChI=1S/C23H24N2O3S/c1-28-13-5-12-25-22(27)19-8-2-3-9-20(19)24-23(25)29-15-21(26)18-11-10-16-6-4-7-17(16)14-18/h2-3,8-11,14H,4-7,12-13,15H2,1H3. The summed E-state index contributed by atoms with van der Waals surface area (Å²) in [6, 6.07) is 13.4. The number of aryl methyl sites for hydroxylation is 2. The second-order valence-electron chi connectivity index (χ2n) is 7.26. The molecule has 4 rings (SSSR count). The Morgan fingerprint density at radius 2 is 2.00 bits per heavy atom. The number of ether oxygens (including phenoxy) is 1. The first kappa shape index (κ1) is 19.9. The van der Waals surface area contributed by atoms with Crippen molar-refractivity contribution < 1.29 is 9.53 Å². The number of fused-ring (bicyclic) bond motifs is 2. The molecule has 0 saturated carbocycles. The van der Waals surface area contributed by atoms with Gasteiger partial charge < -0.3 is 4.74 Å². The third kappa shape index (κ3) is 4.28. The molecule has 1 heterocycles. The van der Waals surface area contributed by atoms with E-state index in [0.29, 0.717) is 35.6 Å². The van der Waals surface area contributed by atoms with E-state index in [4.69, 9.17) is 4.74 Å². The second kappa shape index (κ2) is 8.93. The molecule has 1 aliphatic carbocycles. The minimum absolute atomic E-state index is 0.0653. The maximum Gasteiger partial charge on any atom is 0.262 e. The van der Waals surface area contributed by atoms with Crippen molar-refractivity contribution in [3.8, 4) is 0 Å². The Hall–Kier alpha value is -2.44. The van der Waals surface area contributed by atoms with Crippen LogP contribution in [-0.2, 0) is 24.1 Å². The number of carbonyl (C=O) groups is 1. The van der Waals surface area contributed by atoms with E-state index >= 15 is 0 Å². The average Bonchev–Trinajstić information content (AvgIpc) is 3.22. The summed E-state index contributed by atoms with van der Waals surface area (Å²) < 4.78 is 6.80. The number of aromatic nitrogens is 2. The van der Waals surface area contributed by atoms with Gasteiger partial charge in [0.1, 0.15) is 0 Å². The smallest absolute Gasteiger partial charge is 0.262 e. The summed E-state index contributed by atoms with van der Waals surface area (Å²) in [6.07, 6.45) is 4.03. The van der Waals surface area contributed by atoms with E-state index in [1.807, 2.05) is 30.3 Å². The first-order valence-corrected chi connectivity index (χ1v) is 10.9. The van der Waals surface area contributed by atoms with Gasteiger partial charge in [-0.15, -0.1) is 0 Å². The number of para-hydroxylation sites is 1. The molecule has 29 heavy (non-hydrogen) atoms. The molecule has 0 saturated heterocycles. The Balaban J connectivity index is 1.58. The lowest BCUT2D eigenvalue weighted by atomic mass is 10.0. The number of methoxy groups -OCH3 is 1. The van der Waals surface area contributed by atoms with Crippen LogP contribution >= 0.6 is 11.8 Å². The Labute approximate surface area is 174 Å². The largest absolute Gasteiger partial charge is 0.385 e. The Bertz CT molecular complexity index is 1110. The summed E-state index contributed by atoms with van der Waals surface area (Å²) in [7, 11) is 1.65. The molecular weight excluding hydrogens is 384 g/mol. The SMILES string of the molecule is COCCCn1c(SCC(=O)c2ccc3c(c2)CCC3)nc2ccccc2c1=O. The lowest BCUT2D eigenvalue weighted by molar-refractivity contribution is 0.102. The van der Waals surface area contributed by atoms with Crippen LogP contribution in [0.15, 0.2) is 52.4 Å². The van der Waals surface area contributed by atoms with Crippen molar-refractivity contribution in [1.82, 2.24) is 9.55 Å². The van der Waals surface area contributed by atoms with E-state index in [-0.39, 0.29) is 17.1 Å². The van der Waals surface area contributed by atoms with E-state index in [9.17, 15) is 9.59 Å². The van der Waals surface area contributed by atoms with E-state index in [1.165, 1.54) is 22.9 Å². The predicted molar refractivity (Wildman–Crippen MR) is 116 cm³/mol. The molecule has 0 amide bonds. The second-order valence-corrected chi connectivity index (χ2v) is 8.21. The number of hydrogen-bond donors (Lipinski definition) is 0. The minimum Gasteiger partial charge on any atom is -0.385 e. The van der Waals surface area contributed by atoms with E-state index < -0.39 is 0 Å². The fourth-order valence-corrected chi connectivity index (χ4v) is 4.70. The van der Waals surface area contributed by atoms with Gasteiger partial charge in [0.15, 0.2) is 10.9 Å². The van der Waals surface area contributed by atoms with Gasteiger partial charge in [-0.25, -0.2) is 4.98 Å². The summed E-state index contributed by atoms with van der Waals surface area (Å²) in [5.74, 6) is 0.323. The van der Waals surface area contributed by atoms with Crippen LogP contribution in [0.3, 0.4) is 0 Å². The highest BCUT2D eigenvalue weighted by molar-refractivity contribution is 7.99. The lowest BCUT2D eigenvalue weighted by Crippen LogP contribution is -2.24. The molecule has 0 atom stereocenters. The highest BCUT2D eigenvalue weighted by atomic mass is 32.2. The number of nitrogens with zero attached hydrogens (tertiary/aromatic N) is 2. The van der Waals surface area contributed by atoms with Crippen molar-refractivity contribution in [1.29, 1.82) is 0 Å². The molecule has 0 unspecified atom stereocenters. The van der Waals surface area contributed by atoms with Gasteiger partial charge in [0, 0.05) is 25.8 Å². The first-order chi connectivity index (χ1) is 14.2. The highest BCUT2D eigenvalue weighted by Crippen LogP contribution is 2.24. The molecule has 150 valence electrons. The average molecular weight is 409 g/mol.